The van der Waals surface area contributed by atoms with E-state index < -0.39 is 34.2 Å². The predicted octanol–water partition coefficient (Wildman–Crippen LogP) is 1.93. The number of nitrogens with one attached hydrogen (secondary N) is 2. The lowest BCUT2D eigenvalue weighted by Crippen LogP contribution is -2.59. The fraction of sp³-hybridized carbons (Fsp3) is 0.870. The molecule has 2 bridgehead atoms. The second-order valence-corrected chi connectivity index (χ2v) is 12.4. The molecule has 0 aliphatic carbocycles. The van der Waals surface area contributed by atoms with E-state index in [2.05, 4.69) is 10.6 Å². The molecule has 1 spiro atoms. The number of carbonyl (C=O) groups is 3. The highest BCUT2D eigenvalue weighted by Gasteiger charge is 2.74. The van der Waals surface area contributed by atoms with Gasteiger partial charge in [0.05, 0.1) is 29.2 Å². The smallest absolute Gasteiger partial charge is 0.244 e. The van der Waals surface area contributed by atoms with Crippen molar-refractivity contribution >= 4 is 29.5 Å². The second-order valence-electron chi connectivity index (χ2n) is 10.8. The zero-order chi connectivity index (χ0) is 23.1. The maximum atomic E-state index is 13.9. The van der Waals surface area contributed by atoms with Gasteiger partial charge in [-0.05, 0) is 52.4 Å². The Labute approximate surface area is 190 Å². The van der Waals surface area contributed by atoms with Gasteiger partial charge in [-0.15, -0.1) is 11.8 Å². The van der Waals surface area contributed by atoms with E-state index in [0.717, 1.165) is 19.3 Å². The van der Waals surface area contributed by atoms with Gasteiger partial charge in [0, 0.05) is 17.3 Å². The first-order chi connectivity index (χ1) is 14.5. The first kappa shape index (κ1) is 24.4. The molecule has 8 heteroatoms. The number of aliphatic hydroxyl groups excluding tert-OH is 1. The molecule has 3 rings (SSSR count). The number of rotatable bonds is 8. The summed E-state index contributed by atoms with van der Waals surface area (Å²) in [6.45, 7) is 12.3. The first-order valence-electron chi connectivity index (χ1n) is 11.7. The molecule has 3 aliphatic heterocycles. The fourth-order valence-corrected chi connectivity index (χ4v) is 7.91. The van der Waals surface area contributed by atoms with E-state index in [-0.39, 0.29) is 35.5 Å². The van der Waals surface area contributed by atoms with E-state index in [4.69, 9.17) is 0 Å². The van der Waals surface area contributed by atoms with Crippen LogP contribution in [0, 0.1) is 17.8 Å². The van der Waals surface area contributed by atoms with Crippen LogP contribution in [0.15, 0.2) is 0 Å². The van der Waals surface area contributed by atoms with Gasteiger partial charge < -0.3 is 20.6 Å². The molecule has 0 radical (unpaired) electrons. The number of amides is 3. The summed E-state index contributed by atoms with van der Waals surface area (Å²) < 4.78 is -0.601. The molecule has 3 heterocycles. The lowest BCUT2D eigenvalue weighted by molar-refractivity contribution is -0.143. The van der Waals surface area contributed by atoms with Crippen LogP contribution < -0.4 is 10.6 Å². The van der Waals surface area contributed by atoms with Crippen LogP contribution in [-0.4, -0.2) is 68.5 Å². The summed E-state index contributed by atoms with van der Waals surface area (Å²) in [5.41, 5.74) is -0.438. The standard InChI is InChI=1S/C23H39N3O4S/c1-7-10-24-19(28)16-15-8-9-23(31-15)17(16)21(30)26(14(12-27)11-13(2)3)18(23)20(29)25-22(4,5)6/h13-18,27H,7-12H2,1-6H3,(H,24,28)(H,25,29)/t14-,15+,16-,17+,18?,23?/m1/s1. The normalized spacial score (nSPS) is 33.0. The average Bonchev–Trinajstić information content (AvgIpc) is 3.30. The zero-order valence-electron chi connectivity index (χ0n) is 19.7. The van der Waals surface area contributed by atoms with E-state index >= 15 is 0 Å². The molecule has 0 saturated carbocycles. The monoisotopic (exact) mass is 453 g/mol. The SMILES string of the molecule is CCCNC(=O)[C@@H]1[C@@H]2CCC3(S2)C(C(=O)NC(C)(C)C)N([C@@H](CO)CC(C)C)C(=O)[C@H]13. The third kappa shape index (κ3) is 4.34. The molecule has 3 aliphatic rings. The third-order valence-electron chi connectivity index (χ3n) is 6.68. The Hall–Kier alpha value is -1.28. The quantitative estimate of drug-likeness (QED) is 0.522. The van der Waals surface area contributed by atoms with Crippen molar-refractivity contribution in [2.75, 3.05) is 13.2 Å². The van der Waals surface area contributed by atoms with Gasteiger partial charge >= 0.3 is 0 Å². The molecule has 6 atom stereocenters. The molecule has 0 aromatic rings. The van der Waals surface area contributed by atoms with Crippen LogP contribution in [0.1, 0.15) is 67.2 Å². The number of hydrogen-bond donors (Lipinski definition) is 3. The Morgan fingerprint density at radius 2 is 1.97 bits per heavy atom. The van der Waals surface area contributed by atoms with Crippen molar-refractivity contribution in [1.29, 1.82) is 0 Å². The highest BCUT2D eigenvalue weighted by Crippen LogP contribution is 2.66. The number of aliphatic hydroxyl groups is 1. The minimum Gasteiger partial charge on any atom is -0.394 e. The summed E-state index contributed by atoms with van der Waals surface area (Å²) in [4.78, 5) is 42.2. The molecule has 31 heavy (non-hydrogen) atoms. The van der Waals surface area contributed by atoms with Gasteiger partial charge in [-0.3, -0.25) is 14.4 Å². The van der Waals surface area contributed by atoms with Crippen LogP contribution in [-0.2, 0) is 14.4 Å². The van der Waals surface area contributed by atoms with Crippen molar-refractivity contribution in [2.24, 2.45) is 17.8 Å². The van der Waals surface area contributed by atoms with Gasteiger partial charge in [0.15, 0.2) is 0 Å². The lowest BCUT2D eigenvalue weighted by Gasteiger charge is -2.39. The summed E-state index contributed by atoms with van der Waals surface area (Å²) in [5.74, 6) is -1.04. The molecule has 3 fully saturated rings. The molecular weight excluding hydrogens is 414 g/mol. The molecule has 3 saturated heterocycles. The van der Waals surface area contributed by atoms with E-state index in [0.29, 0.717) is 13.0 Å². The molecule has 3 amide bonds. The summed E-state index contributed by atoms with van der Waals surface area (Å²) in [6.07, 6.45) is 3.03. The Kier molecular flexibility index (Phi) is 7.02. The first-order valence-corrected chi connectivity index (χ1v) is 12.6. The molecule has 2 unspecified atom stereocenters. The lowest BCUT2D eigenvalue weighted by atomic mass is 9.70. The molecule has 176 valence electrons. The van der Waals surface area contributed by atoms with Crippen molar-refractivity contribution in [3.63, 3.8) is 0 Å². The summed E-state index contributed by atoms with van der Waals surface area (Å²) in [6, 6.07) is -1.10. The molecule has 0 aromatic carbocycles. The van der Waals surface area contributed by atoms with Crippen LogP contribution in [0.5, 0.6) is 0 Å². The van der Waals surface area contributed by atoms with Crippen molar-refractivity contribution in [3.05, 3.63) is 0 Å². The Morgan fingerprint density at radius 3 is 2.52 bits per heavy atom. The van der Waals surface area contributed by atoms with Gasteiger partial charge in [0.25, 0.3) is 0 Å². The highest BCUT2D eigenvalue weighted by molar-refractivity contribution is 8.02. The van der Waals surface area contributed by atoms with E-state index in [1.807, 2.05) is 41.5 Å². The number of fused-ring (bicyclic) bond motifs is 1. The van der Waals surface area contributed by atoms with E-state index in [9.17, 15) is 19.5 Å². The zero-order valence-corrected chi connectivity index (χ0v) is 20.6. The Bertz CT molecular complexity index is 722. The molecule has 3 N–H and O–H groups in total. The Balaban J connectivity index is 2.02. The van der Waals surface area contributed by atoms with E-state index in [1.54, 1.807) is 16.7 Å². The van der Waals surface area contributed by atoms with Crippen molar-refractivity contribution in [2.45, 2.75) is 94.8 Å². The van der Waals surface area contributed by atoms with Crippen molar-refractivity contribution in [3.8, 4) is 0 Å². The summed E-state index contributed by atoms with van der Waals surface area (Å²) in [7, 11) is 0. The van der Waals surface area contributed by atoms with Crippen LogP contribution >= 0.6 is 11.8 Å². The predicted molar refractivity (Wildman–Crippen MR) is 122 cm³/mol. The molecule has 0 aromatic heterocycles. The highest BCUT2D eigenvalue weighted by atomic mass is 32.2. The van der Waals surface area contributed by atoms with Crippen LogP contribution in [0.2, 0.25) is 0 Å². The van der Waals surface area contributed by atoms with E-state index in [1.165, 1.54) is 0 Å². The van der Waals surface area contributed by atoms with Gasteiger partial charge in [-0.25, -0.2) is 0 Å². The maximum Gasteiger partial charge on any atom is 0.244 e. The van der Waals surface area contributed by atoms with Crippen molar-refractivity contribution in [1.82, 2.24) is 15.5 Å². The number of carbonyl (C=O) groups excluding carboxylic acids is 3. The van der Waals surface area contributed by atoms with Crippen LogP contribution in [0.25, 0.3) is 0 Å². The van der Waals surface area contributed by atoms with Crippen LogP contribution in [0.3, 0.4) is 0 Å². The van der Waals surface area contributed by atoms with Gasteiger partial charge in [0.2, 0.25) is 17.7 Å². The van der Waals surface area contributed by atoms with Crippen LogP contribution in [0.4, 0.5) is 0 Å². The maximum absolute atomic E-state index is 13.9. The largest absolute Gasteiger partial charge is 0.394 e. The topological polar surface area (TPSA) is 98.7 Å². The Morgan fingerprint density at radius 1 is 1.29 bits per heavy atom. The number of nitrogens with zero attached hydrogens (tertiary/aromatic N) is 1. The van der Waals surface area contributed by atoms with Gasteiger partial charge in [-0.2, -0.15) is 0 Å². The van der Waals surface area contributed by atoms with Gasteiger partial charge in [-0.1, -0.05) is 20.8 Å². The minimum atomic E-state index is -0.667. The molecular formula is C23H39N3O4S. The number of likely N-dealkylation sites (tertiary alicyclic amines) is 1. The number of thioether (sulfide) groups is 1. The summed E-state index contributed by atoms with van der Waals surface area (Å²) in [5, 5.41) is 16.3. The molecule has 7 nitrogen and oxygen atoms in total. The average molecular weight is 454 g/mol. The second kappa shape index (κ2) is 8.93. The summed E-state index contributed by atoms with van der Waals surface area (Å²) >= 11 is 1.67. The number of hydrogen-bond acceptors (Lipinski definition) is 5. The fourth-order valence-electron chi connectivity index (χ4n) is 5.71. The third-order valence-corrected chi connectivity index (χ3v) is 8.64. The van der Waals surface area contributed by atoms with Gasteiger partial charge in [0.1, 0.15) is 6.04 Å². The minimum absolute atomic E-state index is 0.0653. The van der Waals surface area contributed by atoms with Crippen molar-refractivity contribution < 1.29 is 19.5 Å².